The van der Waals surface area contributed by atoms with Crippen LogP contribution in [0.4, 0.5) is 5.69 Å². The molecule has 0 N–H and O–H groups in total. The molecule has 0 amide bonds. The van der Waals surface area contributed by atoms with Crippen molar-refractivity contribution in [2.75, 3.05) is 32.2 Å². The predicted octanol–water partition coefficient (Wildman–Crippen LogP) is 2.63. The summed E-state index contributed by atoms with van der Waals surface area (Å²) in [6.07, 6.45) is 0. The lowest BCUT2D eigenvalue weighted by molar-refractivity contribution is 0.101. The Bertz CT molecular complexity index is 379. The van der Waals surface area contributed by atoms with Gasteiger partial charge in [0, 0.05) is 26.3 Å². The topological polar surface area (TPSA) is 29.5 Å². The van der Waals surface area contributed by atoms with E-state index in [1.165, 1.54) is 6.92 Å². The number of ketones is 1. The number of likely N-dealkylation sites (N-methyl/N-ethyl adjacent to an activating group) is 1. The van der Waals surface area contributed by atoms with Crippen molar-refractivity contribution in [2.24, 2.45) is 0 Å². The van der Waals surface area contributed by atoms with Crippen LogP contribution in [-0.2, 0) is 4.74 Å². The summed E-state index contributed by atoms with van der Waals surface area (Å²) in [7, 11) is 3.60. The zero-order valence-electron chi connectivity index (χ0n) is 9.79. The van der Waals surface area contributed by atoms with Crippen LogP contribution >= 0.6 is 11.6 Å². The summed E-state index contributed by atoms with van der Waals surface area (Å²) in [5.41, 5.74) is 1.54. The van der Waals surface area contributed by atoms with E-state index in [2.05, 4.69) is 0 Å². The third-order valence-corrected chi connectivity index (χ3v) is 2.70. The highest BCUT2D eigenvalue weighted by molar-refractivity contribution is 6.33. The van der Waals surface area contributed by atoms with Crippen molar-refractivity contribution < 1.29 is 9.53 Å². The molecule has 0 aliphatic carbocycles. The number of carbonyl (C=O) groups is 1. The molecular formula is C12H16ClNO2. The second-order valence-corrected chi connectivity index (χ2v) is 4.04. The average molecular weight is 242 g/mol. The van der Waals surface area contributed by atoms with Gasteiger partial charge in [-0.1, -0.05) is 11.6 Å². The van der Waals surface area contributed by atoms with E-state index in [-0.39, 0.29) is 5.78 Å². The lowest BCUT2D eigenvalue weighted by Gasteiger charge is -2.20. The Kier molecular flexibility index (Phi) is 4.77. The molecule has 0 atom stereocenters. The molecule has 3 nitrogen and oxygen atoms in total. The summed E-state index contributed by atoms with van der Waals surface area (Å²) in [6.45, 7) is 2.93. The van der Waals surface area contributed by atoms with Crippen LogP contribution in [0.2, 0.25) is 5.02 Å². The fourth-order valence-electron chi connectivity index (χ4n) is 1.38. The molecule has 4 heteroatoms. The van der Waals surface area contributed by atoms with Gasteiger partial charge in [-0.25, -0.2) is 0 Å². The summed E-state index contributed by atoms with van der Waals surface area (Å²) < 4.78 is 5.00. The zero-order chi connectivity index (χ0) is 12.1. The number of ether oxygens (including phenoxy) is 1. The van der Waals surface area contributed by atoms with Gasteiger partial charge in [0.25, 0.3) is 0 Å². The molecule has 0 bridgehead atoms. The van der Waals surface area contributed by atoms with E-state index in [1.807, 2.05) is 18.0 Å². The van der Waals surface area contributed by atoms with Crippen molar-refractivity contribution in [3.63, 3.8) is 0 Å². The molecule has 0 fully saturated rings. The average Bonchev–Trinajstić information content (AvgIpc) is 2.25. The second kappa shape index (κ2) is 5.87. The second-order valence-electron chi connectivity index (χ2n) is 3.64. The van der Waals surface area contributed by atoms with E-state index < -0.39 is 0 Å². The molecule has 0 radical (unpaired) electrons. The molecule has 88 valence electrons. The quantitative estimate of drug-likeness (QED) is 0.743. The van der Waals surface area contributed by atoms with Gasteiger partial charge in [-0.2, -0.15) is 0 Å². The Labute approximate surface area is 101 Å². The van der Waals surface area contributed by atoms with E-state index >= 15 is 0 Å². The number of benzene rings is 1. The molecule has 0 aliphatic heterocycles. The normalized spacial score (nSPS) is 10.2. The zero-order valence-corrected chi connectivity index (χ0v) is 10.5. The molecule has 0 heterocycles. The first-order valence-electron chi connectivity index (χ1n) is 5.07. The smallest absolute Gasteiger partial charge is 0.159 e. The molecule has 0 saturated carbocycles. The van der Waals surface area contributed by atoms with Crippen LogP contribution < -0.4 is 4.90 Å². The number of rotatable bonds is 5. The third kappa shape index (κ3) is 3.22. The maximum Gasteiger partial charge on any atom is 0.159 e. The molecule has 0 aromatic heterocycles. The number of carbonyl (C=O) groups excluding carboxylic acids is 1. The number of nitrogens with zero attached hydrogens (tertiary/aromatic N) is 1. The van der Waals surface area contributed by atoms with Crippen molar-refractivity contribution in [1.82, 2.24) is 0 Å². The van der Waals surface area contributed by atoms with Crippen LogP contribution in [-0.4, -0.2) is 33.1 Å². The van der Waals surface area contributed by atoms with Crippen LogP contribution in [0.1, 0.15) is 17.3 Å². The lowest BCUT2D eigenvalue weighted by atomic mass is 10.1. The van der Waals surface area contributed by atoms with E-state index in [1.54, 1.807) is 19.2 Å². The number of halogens is 1. The molecule has 1 aromatic carbocycles. The minimum absolute atomic E-state index is 0.0213. The fraction of sp³-hybridized carbons (Fsp3) is 0.417. The lowest BCUT2D eigenvalue weighted by Crippen LogP contribution is -2.22. The van der Waals surface area contributed by atoms with Crippen molar-refractivity contribution >= 4 is 23.1 Å². The standard InChI is InChI=1S/C12H16ClNO2/c1-9(15)10-4-5-12(11(13)8-10)14(2)6-7-16-3/h4-5,8H,6-7H2,1-3H3. The predicted molar refractivity (Wildman–Crippen MR) is 66.6 cm³/mol. The van der Waals surface area contributed by atoms with Crippen molar-refractivity contribution in [3.8, 4) is 0 Å². The summed E-state index contributed by atoms with van der Waals surface area (Å²) >= 11 is 6.11. The number of methoxy groups -OCH3 is 1. The van der Waals surface area contributed by atoms with Gasteiger partial charge in [-0.3, -0.25) is 4.79 Å². The Balaban J connectivity index is 2.85. The van der Waals surface area contributed by atoms with Crippen molar-refractivity contribution in [3.05, 3.63) is 28.8 Å². The first kappa shape index (κ1) is 13.0. The van der Waals surface area contributed by atoms with Gasteiger partial charge in [-0.05, 0) is 25.1 Å². The molecular weight excluding hydrogens is 226 g/mol. The molecule has 0 aliphatic rings. The Hall–Kier alpha value is -1.06. The number of anilines is 1. The Morgan fingerprint density at radius 1 is 1.50 bits per heavy atom. The monoisotopic (exact) mass is 241 g/mol. The molecule has 0 spiro atoms. The number of hydrogen-bond acceptors (Lipinski definition) is 3. The highest BCUT2D eigenvalue weighted by atomic mass is 35.5. The Morgan fingerprint density at radius 3 is 2.69 bits per heavy atom. The summed E-state index contributed by atoms with van der Waals surface area (Å²) in [4.78, 5) is 13.2. The molecule has 0 unspecified atom stereocenters. The molecule has 0 saturated heterocycles. The summed E-state index contributed by atoms with van der Waals surface area (Å²) in [5.74, 6) is 0.0213. The third-order valence-electron chi connectivity index (χ3n) is 2.40. The van der Waals surface area contributed by atoms with E-state index in [9.17, 15) is 4.79 Å². The van der Waals surface area contributed by atoms with Gasteiger partial charge in [0.2, 0.25) is 0 Å². The van der Waals surface area contributed by atoms with Crippen LogP contribution in [0.15, 0.2) is 18.2 Å². The van der Waals surface area contributed by atoms with Gasteiger partial charge in [0.1, 0.15) is 0 Å². The minimum Gasteiger partial charge on any atom is -0.383 e. The first-order chi connectivity index (χ1) is 7.56. The fourth-order valence-corrected chi connectivity index (χ4v) is 1.71. The number of Topliss-reactive ketones (excluding diaryl/α,β-unsaturated/α-hetero) is 1. The highest BCUT2D eigenvalue weighted by Gasteiger charge is 2.08. The van der Waals surface area contributed by atoms with Crippen LogP contribution in [0.5, 0.6) is 0 Å². The van der Waals surface area contributed by atoms with Gasteiger partial charge >= 0.3 is 0 Å². The van der Waals surface area contributed by atoms with Crippen LogP contribution in [0.25, 0.3) is 0 Å². The number of hydrogen-bond donors (Lipinski definition) is 0. The van der Waals surface area contributed by atoms with Gasteiger partial charge in [0.05, 0.1) is 17.3 Å². The Morgan fingerprint density at radius 2 is 2.19 bits per heavy atom. The minimum atomic E-state index is 0.0213. The van der Waals surface area contributed by atoms with Crippen LogP contribution in [0, 0.1) is 0 Å². The van der Waals surface area contributed by atoms with Crippen molar-refractivity contribution in [2.45, 2.75) is 6.92 Å². The molecule has 1 aromatic rings. The first-order valence-corrected chi connectivity index (χ1v) is 5.44. The maximum absolute atomic E-state index is 11.2. The molecule has 16 heavy (non-hydrogen) atoms. The van der Waals surface area contributed by atoms with E-state index in [0.717, 1.165) is 12.2 Å². The van der Waals surface area contributed by atoms with E-state index in [0.29, 0.717) is 17.2 Å². The maximum atomic E-state index is 11.2. The van der Waals surface area contributed by atoms with Crippen LogP contribution in [0.3, 0.4) is 0 Å². The largest absolute Gasteiger partial charge is 0.383 e. The van der Waals surface area contributed by atoms with Gasteiger partial charge in [-0.15, -0.1) is 0 Å². The van der Waals surface area contributed by atoms with Gasteiger partial charge in [0.15, 0.2) is 5.78 Å². The SMILES string of the molecule is COCCN(C)c1ccc(C(C)=O)cc1Cl. The molecule has 1 rings (SSSR count). The summed E-state index contributed by atoms with van der Waals surface area (Å²) in [6, 6.07) is 5.34. The van der Waals surface area contributed by atoms with E-state index in [4.69, 9.17) is 16.3 Å². The van der Waals surface area contributed by atoms with Crippen molar-refractivity contribution in [1.29, 1.82) is 0 Å². The summed E-state index contributed by atoms with van der Waals surface area (Å²) in [5, 5.41) is 0.589. The highest BCUT2D eigenvalue weighted by Crippen LogP contribution is 2.26. The van der Waals surface area contributed by atoms with Gasteiger partial charge < -0.3 is 9.64 Å².